The third-order valence-electron chi connectivity index (χ3n) is 5.26. The molecule has 3 heterocycles. The van der Waals surface area contributed by atoms with Crippen LogP contribution in [0, 0.1) is 6.92 Å². The lowest BCUT2D eigenvalue weighted by Crippen LogP contribution is -2.46. The molecule has 2 N–H and O–H groups in total. The van der Waals surface area contributed by atoms with Crippen LogP contribution in [0.4, 0.5) is 0 Å². The molecule has 28 heavy (non-hydrogen) atoms. The zero-order chi connectivity index (χ0) is 19.1. The van der Waals surface area contributed by atoms with Crippen molar-refractivity contribution in [2.24, 2.45) is 4.99 Å². The molecular formula is C20H35IN4OS2. The van der Waals surface area contributed by atoms with Crippen LogP contribution in [0.25, 0.3) is 0 Å². The summed E-state index contributed by atoms with van der Waals surface area (Å²) in [6.45, 7) is 12.9. The third-order valence-corrected chi connectivity index (χ3v) is 7.88. The number of rotatable bonds is 7. The van der Waals surface area contributed by atoms with Gasteiger partial charge in [-0.25, -0.2) is 0 Å². The minimum atomic E-state index is 0. The van der Waals surface area contributed by atoms with Crippen LogP contribution in [0.5, 0.6) is 0 Å². The van der Waals surface area contributed by atoms with E-state index in [1.807, 2.05) is 11.3 Å². The molecular weight excluding hydrogens is 503 g/mol. The molecule has 2 unspecified atom stereocenters. The number of aliphatic imine (C=N–C) groups is 1. The Labute approximate surface area is 195 Å². The molecule has 0 bridgehead atoms. The number of aryl methyl sites for hydroxylation is 1. The van der Waals surface area contributed by atoms with Crippen LogP contribution < -0.4 is 10.6 Å². The minimum Gasteiger partial charge on any atom is -0.379 e. The molecule has 2 atom stereocenters. The van der Waals surface area contributed by atoms with Crippen molar-refractivity contribution < 1.29 is 4.74 Å². The number of hydrogen-bond donors (Lipinski definition) is 2. The smallest absolute Gasteiger partial charge is 0.191 e. The molecule has 2 fully saturated rings. The summed E-state index contributed by atoms with van der Waals surface area (Å²) in [5.41, 5.74) is 0. The second kappa shape index (κ2) is 12.0. The van der Waals surface area contributed by atoms with Gasteiger partial charge in [-0.3, -0.25) is 9.89 Å². The predicted molar refractivity (Wildman–Crippen MR) is 134 cm³/mol. The second-order valence-electron chi connectivity index (χ2n) is 7.59. The molecule has 0 radical (unpaired) electrons. The lowest BCUT2D eigenvalue weighted by Gasteiger charge is -2.34. The molecule has 0 spiro atoms. The van der Waals surface area contributed by atoms with E-state index in [2.05, 4.69) is 60.2 Å². The summed E-state index contributed by atoms with van der Waals surface area (Å²) < 4.78 is 5.87. The Bertz CT molecular complexity index is 613. The summed E-state index contributed by atoms with van der Waals surface area (Å²) in [6, 6.07) is 4.88. The predicted octanol–water partition coefficient (Wildman–Crippen LogP) is 3.89. The van der Waals surface area contributed by atoms with Gasteiger partial charge in [0, 0.05) is 40.7 Å². The van der Waals surface area contributed by atoms with Crippen LogP contribution >= 0.6 is 47.1 Å². The maximum Gasteiger partial charge on any atom is 0.191 e. The van der Waals surface area contributed by atoms with E-state index in [4.69, 9.17) is 9.73 Å². The number of nitrogens with zero attached hydrogens (tertiary/aromatic N) is 2. The molecule has 2 aliphatic heterocycles. The molecule has 0 aromatic carbocycles. The zero-order valence-corrected chi connectivity index (χ0v) is 21.3. The molecule has 0 saturated carbocycles. The van der Waals surface area contributed by atoms with Gasteiger partial charge in [-0.15, -0.1) is 35.3 Å². The second-order valence-corrected chi connectivity index (χ2v) is 10.6. The highest BCUT2D eigenvalue weighted by Gasteiger charge is 2.29. The molecule has 1 aromatic rings. The summed E-state index contributed by atoms with van der Waals surface area (Å²) >= 11 is 3.97. The summed E-state index contributed by atoms with van der Waals surface area (Å²) in [5.74, 6) is 2.21. The highest BCUT2D eigenvalue weighted by Crippen LogP contribution is 2.37. The van der Waals surface area contributed by atoms with Gasteiger partial charge in [0.05, 0.1) is 25.8 Å². The minimum absolute atomic E-state index is 0. The summed E-state index contributed by atoms with van der Waals surface area (Å²) in [6.07, 6.45) is 2.59. The average Bonchev–Trinajstić information content (AvgIpc) is 3.30. The molecule has 160 valence electrons. The monoisotopic (exact) mass is 538 g/mol. The Kier molecular flexibility index (Phi) is 10.4. The van der Waals surface area contributed by atoms with E-state index in [9.17, 15) is 0 Å². The van der Waals surface area contributed by atoms with Crippen molar-refractivity contribution in [2.75, 3.05) is 51.7 Å². The van der Waals surface area contributed by atoms with E-state index in [1.54, 1.807) is 0 Å². The molecule has 8 heteroatoms. The molecule has 3 rings (SSSR count). The number of thiophene rings is 1. The first-order valence-electron chi connectivity index (χ1n) is 10.1. The topological polar surface area (TPSA) is 48.9 Å². The summed E-state index contributed by atoms with van der Waals surface area (Å²) in [4.78, 5) is 10.3. The first-order chi connectivity index (χ1) is 13.1. The van der Waals surface area contributed by atoms with Gasteiger partial charge in [0.2, 0.25) is 0 Å². The molecule has 2 saturated heterocycles. The fourth-order valence-corrected chi connectivity index (χ4v) is 5.91. The van der Waals surface area contributed by atoms with Gasteiger partial charge < -0.3 is 15.4 Å². The van der Waals surface area contributed by atoms with Crippen LogP contribution in [0.3, 0.4) is 0 Å². The Hall–Kier alpha value is -0.0300. The first-order valence-corrected chi connectivity index (χ1v) is 11.9. The van der Waals surface area contributed by atoms with Crippen LogP contribution in [0.15, 0.2) is 17.1 Å². The number of guanidine groups is 1. The first kappa shape index (κ1) is 24.2. The SMILES string of the molecule is CCNC(=NCC1(C)CCCS1)NCC(c1ccc(C)s1)N1CCOCC1.I. The Balaban J connectivity index is 0.00000280. The molecule has 0 aliphatic carbocycles. The highest BCUT2D eigenvalue weighted by atomic mass is 127. The van der Waals surface area contributed by atoms with Crippen molar-refractivity contribution in [3.8, 4) is 0 Å². The van der Waals surface area contributed by atoms with Crippen molar-refractivity contribution in [1.82, 2.24) is 15.5 Å². The van der Waals surface area contributed by atoms with Crippen molar-refractivity contribution in [2.45, 2.75) is 44.4 Å². The number of thioether (sulfide) groups is 1. The van der Waals surface area contributed by atoms with Crippen molar-refractivity contribution in [1.29, 1.82) is 0 Å². The fraction of sp³-hybridized carbons (Fsp3) is 0.750. The van der Waals surface area contributed by atoms with Crippen molar-refractivity contribution >= 4 is 53.0 Å². The van der Waals surface area contributed by atoms with Gasteiger partial charge >= 0.3 is 0 Å². The summed E-state index contributed by atoms with van der Waals surface area (Å²) in [5, 5.41) is 7.05. The number of nitrogens with one attached hydrogen (secondary N) is 2. The van der Waals surface area contributed by atoms with Gasteiger partial charge in [-0.05, 0) is 51.5 Å². The van der Waals surface area contributed by atoms with E-state index in [0.717, 1.165) is 51.9 Å². The van der Waals surface area contributed by atoms with Gasteiger partial charge in [-0.1, -0.05) is 0 Å². The quantitative estimate of drug-likeness (QED) is 0.314. The third kappa shape index (κ3) is 7.04. The highest BCUT2D eigenvalue weighted by molar-refractivity contribution is 14.0. The molecule has 5 nitrogen and oxygen atoms in total. The number of morpholine rings is 1. The van der Waals surface area contributed by atoms with Crippen LogP contribution in [0.1, 0.15) is 42.5 Å². The largest absolute Gasteiger partial charge is 0.379 e. The fourth-order valence-electron chi connectivity index (χ4n) is 3.67. The Morgan fingerprint density at radius 2 is 2.11 bits per heavy atom. The van der Waals surface area contributed by atoms with Gasteiger partial charge in [0.25, 0.3) is 0 Å². The molecule has 2 aliphatic rings. The standard InChI is InChI=1S/C20H34N4OS2.HI/c1-4-21-19(23-15-20(3)8-5-13-26-20)22-14-17(18-7-6-16(2)27-18)24-9-11-25-12-10-24;/h6-7,17H,4-5,8-15H2,1-3H3,(H2,21,22,23);1H. The van der Waals surface area contributed by atoms with Gasteiger partial charge in [0.15, 0.2) is 5.96 Å². The van der Waals surface area contributed by atoms with E-state index < -0.39 is 0 Å². The van der Waals surface area contributed by atoms with Gasteiger partial charge in [-0.2, -0.15) is 11.8 Å². The Morgan fingerprint density at radius 3 is 2.71 bits per heavy atom. The number of halogens is 1. The van der Waals surface area contributed by atoms with Crippen molar-refractivity contribution in [3.05, 3.63) is 21.9 Å². The Morgan fingerprint density at radius 1 is 1.32 bits per heavy atom. The summed E-state index contributed by atoms with van der Waals surface area (Å²) in [7, 11) is 0. The zero-order valence-electron chi connectivity index (χ0n) is 17.3. The number of ether oxygens (including phenoxy) is 1. The molecule has 0 amide bonds. The normalized spacial score (nSPS) is 24.6. The van der Waals surface area contributed by atoms with E-state index in [1.165, 1.54) is 28.3 Å². The number of hydrogen-bond acceptors (Lipinski definition) is 5. The lowest BCUT2D eigenvalue weighted by molar-refractivity contribution is 0.0177. The maximum absolute atomic E-state index is 5.56. The van der Waals surface area contributed by atoms with Crippen molar-refractivity contribution in [3.63, 3.8) is 0 Å². The maximum atomic E-state index is 5.56. The van der Waals surface area contributed by atoms with E-state index >= 15 is 0 Å². The van der Waals surface area contributed by atoms with Crippen LogP contribution in [-0.4, -0.2) is 67.3 Å². The van der Waals surface area contributed by atoms with Crippen LogP contribution in [-0.2, 0) is 4.74 Å². The molecule has 1 aromatic heterocycles. The van der Waals surface area contributed by atoms with Crippen LogP contribution in [0.2, 0.25) is 0 Å². The van der Waals surface area contributed by atoms with E-state index in [-0.39, 0.29) is 24.0 Å². The van der Waals surface area contributed by atoms with E-state index in [0.29, 0.717) is 10.8 Å². The van der Waals surface area contributed by atoms with Gasteiger partial charge in [0.1, 0.15) is 0 Å². The lowest BCUT2D eigenvalue weighted by atomic mass is 10.1. The average molecular weight is 539 g/mol.